The van der Waals surface area contributed by atoms with Gasteiger partial charge in [0, 0.05) is 16.7 Å². The van der Waals surface area contributed by atoms with Crippen LogP contribution in [0.15, 0.2) is 41.4 Å². The van der Waals surface area contributed by atoms with Crippen LogP contribution < -0.4 is 0 Å². The lowest BCUT2D eigenvalue weighted by molar-refractivity contribution is 0.475. The van der Waals surface area contributed by atoms with Crippen molar-refractivity contribution in [1.29, 1.82) is 5.26 Å². The van der Waals surface area contributed by atoms with Crippen molar-refractivity contribution >= 4 is 33.3 Å². The van der Waals surface area contributed by atoms with Crippen LogP contribution in [0.2, 0.25) is 0 Å². The summed E-state index contributed by atoms with van der Waals surface area (Å²) in [5.41, 5.74) is 2.59. The highest BCUT2D eigenvalue weighted by Gasteiger charge is 2.23. The van der Waals surface area contributed by atoms with Gasteiger partial charge in [0.2, 0.25) is 0 Å². The number of fused-ring (bicyclic) bond motifs is 2. The van der Waals surface area contributed by atoms with Crippen molar-refractivity contribution in [2.45, 2.75) is 26.2 Å². The van der Waals surface area contributed by atoms with Gasteiger partial charge in [-0.25, -0.2) is 4.99 Å². The van der Waals surface area contributed by atoms with Crippen molar-refractivity contribution in [2.24, 2.45) is 10.9 Å². The molecule has 1 aliphatic rings. The molecule has 1 aromatic heterocycles. The normalized spacial score (nSPS) is 16.9. The van der Waals surface area contributed by atoms with E-state index >= 15 is 0 Å². The van der Waals surface area contributed by atoms with E-state index in [0.717, 1.165) is 35.0 Å². The number of nitriles is 1. The number of hydrogen-bond donors (Lipinski definition) is 1. The van der Waals surface area contributed by atoms with Crippen LogP contribution in [0.5, 0.6) is 5.75 Å². The molecular formula is C21H18N2OS. The topological polar surface area (TPSA) is 56.4 Å². The van der Waals surface area contributed by atoms with Crippen LogP contribution in [0.1, 0.15) is 34.9 Å². The largest absolute Gasteiger partial charge is 0.507 e. The molecule has 0 aliphatic heterocycles. The molecule has 1 heterocycles. The van der Waals surface area contributed by atoms with Crippen LogP contribution >= 0.6 is 11.3 Å². The van der Waals surface area contributed by atoms with Gasteiger partial charge in [-0.2, -0.15) is 5.26 Å². The lowest BCUT2D eigenvalue weighted by atomic mass is 9.89. The molecule has 0 amide bonds. The fourth-order valence-electron chi connectivity index (χ4n) is 3.49. The average Bonchev–Trinajstić information content (AvgIpc) is 2.97. The number of aromatic hydroxyl groups is 1. The molecule has 3 nitrogen and oxygen atoms in total. The van der Waals surface area contributed by atoms with Gasteiger partial charge in [-0.05, 0) is 47.6 Å². The summed E-state index contributed by atoms with van der Waals surface area (Å²) in [5.74, 6) is 0.868. The van der Waals surface area contributed by atoms with Gasteiger partial charge in [0.25, 0.3) is 0 Å². The summed E-state index contributed by atoms with van der Waals surface area (Å²) in [5, 5.41) is 22.6. The highest BCUT2D eigenvalue weighted by Crippen LogP contribution is 2.41. The van der Waals surface area contributed by atoms with Gasteiger partial charge < -0.3 is 5.11 Å². The standard InChI is InChI=1S/C21H18N2OS/c1-13-6-8-16-17(11-22)21(25-20(16)10-13)23-12-18-15-5-3-2-4-14(15)7-9-19(18)24/h2-5,7,9,12-13,24H,6,8,10H2,1H3/t13-/m0/s1. The Kier molecular flexibility index (Phi) is 4.03. The number of rotatable bonds is 2. The zero-order chi connectivity index (χ0) is 17.4. The summed E-state index contributed by atoms with van der Waals surface area (Å²) in [7, 11) is 0. The lowest BCUT2D eigenvalue weighted by Crippen LogP contribution is -2.09. The van der Waals surface area contributed by atoms with Crippen LogP contribution in [0.25, 0.3) is 10.8 Å². The molecule has 2 aromatic carbocycles. The number of phenolic OH excluding ortho intramolecular Hbond substituents is 1. The molecule has 25 heavy (non-hydrogen) atoms. The van der Waals surface area contributed by atoms with E-state index in [1.165, 1.54) is 10.4 Å². The second kappa shape index (κ2) is 6.34. The Labute approximate surface area is 150 Å². The van der Waals surface area contributed by atoms with Gasteiger partial charge in [-0.3, -0.25) is 0 Å². The second-order valence-corrected chi connectivity index (χ2v) is 7.71. The molecule has 0 bridgehead atoms. The smallest absolute Gasteiger partial charge is 0.134 e. The first-order chi connectivity index (χ1) is 12.2. The molecule has 1 aliphatic carbocycles. The van der Waals surface area contributed by atoms with E-state index in [2.05, 4.69) is 18.0 Å². The Morgan fingerprint density at radius 3 is 2.96 bits per heavy atom. The maximum atomic E-state index is 10.3. The van der Waals surface area contributed by atoms with E-state index in [-0.39, 0.29) is 5.75 Å². The summed E-state index contributed by atoms with van der Waals surface area (Å²) in [6.45, 7) is 2.26. The number of benzene rings is 2. The van der Waals surface area contributed by atoms with Crippen LogP contribution in [0.3, 0.4) is 0 Å². The SMILES string of the molecule is C[C@H]1CCc2c(sc(N=Cc3c(O)ccc4ccccc34)c2C#N)C1. The monoisotopic (exact) mass is 346 g/mol. The average molecular weight is 346 g/mol. The Morgan fingerprint density at radius 1 is 1.28 bits per heavy atom. The Hall–Kier alpha value is -2.64. The van der Waals surface area contributed by atoms with E-state index in [9.17, 15) is 10.4 Å². The van der Waals surface area contributed by atoms with Gasteiger partial charge in [0.15, 0.2) is 0 Å². The molecule has 4 rings (SSSR count). The van der Waals surface area contributed by atoms with Crippen molar-refractivity contribution in [3.63, 3.8) is 0 Å². The van der Waals surface area contributed by atoms with Crippen molar-refractivity contribution < 1.29 is 5.11 Å². The third-order valence-electron chi connectivity index (χ3n) is 4.86. The molecule has 1 atom stereocenters. The Balaban J connectivity index is 1.79. The van der Waals surface area contributed by atoms with Crippen molar-refractivity contribution in [2.75, 3.05) is 0 Å². The highest BCUT2D eigenvalue weighted by atomic mass is 32.1. The predicted molar refractivity (Wildman–Crippen MR) is 103 cm³/mol. The first-order valence-electron chi connectivity index (χ1n) is 8.46. The van der Waals surface area contributed by atoms with Gasteiger partial charge in [-0.1, -0.05) is 37.3 Å². The number of nitrogens with zero attached hydrogens (tertiary/aromatic N) is 2. The third kappa shape index (κ3) is 2.81. The predicted octanol–water partition coefficient (Wildman–Crippen LogP) is 5.35. The fraction of sp³-hybridized carbons (Fsp3) is 0.238. The highest BCUT2D eigenvalue weighted by molar-refractivity contribution is 7.16. The summed E-state index contributed by atoms with van der Waals surface area (Å²) >= 11 is 1.62. The molecule has 0 unspecified atom stereocenters. The third-order valence-corrected chi connectivity index (χ3v) is 6.03. The molecule has 0 spiro atoms. The van der Waals surface area contributed by atoms with E-state index < -0.39 is 0 Å². The van der Waals surface area contributed by atoms with Gasteiger partial charge in [0.1, 0.15) is 16.8 Å². The van der Waals surface area contributed by atoms with E-state index in [0.29, 0.717) is 17.0 Å². The molecule has 0 saturated carbocycles. The number of thiophene rings is 1. The minimum Gasteiger partial charge on any atom is -0.507 e. The Bertz CT molecular complexity index is 1030. The van der Waals surface area contributed by atoms with Gasteiger partial charge >= 0.3 is 0 Å². The maximum Gasteiger partial charge on any atom is 0.134 e. The molecule has 0 saturated heterocycles. The van der Waals surface area contributed by atoms with Gasteiger partial charge in [-0.15, -0.1) is 11.3 Å². The second-order valence-electron chi connectivity index (χ2n) is 6.62. The van der Waals surface area contributed by atoms with Crippen molar-refractivity contribution in [1.82, 2.24) is 0 Å². The Morgan fingerprint density at radius 2 is 2.12 bits per heavy atom. The number of phenols is 1. The minimum atomic E-state index is 0.205. The van der Waals surface area contributed by atoms with Crippen molar-refractivity contribution in [3.05, 3.63) is 58.0 Å². The molecule has 1 N–H and O–H groups in total. The summed E-state index contributed by atoms with van der Waals surface area (Å²) in [6.07, 6.45) is 4.82. The van der Waals surface area contributed by atoms with E-state index in [4.69, 9.17) is 0 Å². The number of hydrogen-bond acceptors (Lipinski definition) is 4. The fourth-order valence-corrected chi connectivity index (χ4v) is 4.79. The minimum absolute atomic E-state index is 0.205. The van der Waals surface area contributed by atoms with Crippen LogP contribution in [0.4, 0.5) is 5.00 Å². The van der Waals surface area contributed by atoms with Crippen LogP contribution in [0, 0.1) is 17.2 Å². The van der Waals surface area contributed by atoms with E-state index in [1.54, 1.807) is 23.6 Å². The molecule has 124 valence electrons. The molecular weight excluding hydrogens is 328 g/mol. The summed E-state index contributed by atoms with van der Waals surface area (Å²) in [4.78, 5) is 5.90. The van der Waals surface area contributed by atoms with Crippen molar-refractivity contribution in [3.8, 4) is 11.8 Å². The summed E-state index contributed by atoms with van der Waals surface area (Å²) < 4.78 is 0. The first-order valence-corrected chi connectivity index (χ1v) is 9.28. The zero-order valence-corrected chi connectivity index (χ0v) is 14.8. The van der Waals surface area contributed by atoms with Crippen LogP contribution in [-0.2, 0) is 12.8 Å². The lowest BCUT2D eigenvalue weighted by Gasteiger charge is -2.17. The molecule has 4 heteroatoms. The van der Waals surface area contributed by atoms with Crippen LogP contribution in [-0.4, -0.2) is 11.3 Å². The molecule has 0 fully saturated rings. The first kappa shape index (κ1) is 15.9. The molecule has 3 aromatic rings. The maximum absolute atomic E-state index is 10.3. The summed E-state index contributed by atoms with van der Waals surface area (Å²) in [6, 6.07) is 13.8. The van der Waals surface area contributed by atoms with E-state index in [1.807, 2.05) is 30.3 Å². The quantitative estimate of drug-likeness (QED) is 0.636. The zero-order valence-electron chi connectivity index (χ0n) is 14.0. The molecule has 0 radical (unpaired) electrons. The van der Waals surface area contributed by atoms with Gasteiger partial charge in [0.05, 0.1) is 5.56 Å². The number of aliphatic imine (C=N–C) groups is 1.